The molecule has 0 spiro atoms. The maximum atomic E-state index is 13.0. The summed E-state index contributed by atoms with van der Waals surface area (Å²) in [5.74, 6) is -1.73. The van der Waals surface area contributed by atoms with Crippen LogP contribution >= 0.6 is 0 Å². The predicted octanol–water partition coefficient (Wildman–Crippen LogP) is 7.29. The van der Waals surface area contributed by atoms with Gasteiger partial charge in [0.2, 0.25) is 30.1 Å². The molecule has 0 aliphatic heterocycles. The van der Waals surface area contributed by atoms with Gasteiger partial charge in [0, 0.05) is 76.8 Å². The number of carbonyl (C=O) groups excluding carboxylic acids is 2. The first-order chi connectivity index (χ1) is 35.8. The van der Waals surface area contributed by atoms with E-state index in [2.05, 4.69) is 10.6 Å². The molecule has 3 aromatic rings. The second-order valence-electron chi connectivity index (χ2n) is 17.5. The molecule has 0 fully saturated rings. The number of amides is 2. The first-order valence-electron chi connectivity index (χ1n) is 26.5. The Morgan fingerprint density at radius 2 is 0.867 bits per heavy atom. The summed E-state index contributed by atoms with van der Waals surface area (Å²) in [5.41, 5.74) is 11.3. The van der Waals surface area contributed by atoms with Crippen LogP contribution < -0.4 is 22.1 Å². The first kappa shape index (κ1) is 68.7. The van der Waals surface area contributed by atoms with Crippen LogP contribution in [0.3, 0.4) is 0 Å². The van der Waals surface area contributed by atoms with Crippen molar-refractivity contribution in [3.05, 3.63) is 89.5 Å². The molecule has 22 heteroatoms. The van der Waals surface area contributed by atoms with Crippen molar-refractivity contribution >= 4 is 47.9 Å². The quantitative estimate of drug-likeness (QED) is 0.0283. The third-order valence-electron chi connectivity index (χ3n) is 11.2. The Bertz CT molecular complexity index is 2370. The third-order valence-corrected chi connectivity index (χ3v) is 16.9. The molecule has 19 nitrogen and oxygen atoms in total. The van der Waals surface area contributed by atoms with Crippen molar-refractivity contribution in [3.8, 4) is 0 Å². The van der Waals surface area contributed by atoms with E-state index in [9.17, 15) is 39.6 Å². The summed E-state index contributed by atoms with van der Waals surface area (Å²) in [6.45, 7) is 20.0. The molecule has 0 aromatic heterocycles. The molecule has 3 aromatic carbocycles. The van der Waals surface area contributed by atoms with Gasteiger partial charge in [0.15, 0.2) is 0 Å². The minimum atomic E-state index is -3.64. The maximum absolute atomic E-state index is 13.0. The summed E-state index contributed by atoms with van der Waals surface area (Å²) in [4.78, 5) is 36.7. The highest BCUT2D eigenvalue weighted by atomic mass is 32.2. The van der Waals surface area contributed by atoms with Gasteiger partial charge in [0.05, 0.1) is 20.2 Å². The number of carbonyl (C=O) groups is 3. The fourth-order valence-corrected chi connectivity index (χ4v) is 12.2. The number of sulfonamides is 3. The zero-order chi connectivity index (χ0) is 56.3. The summed E-state index contributed by atoms with van der Waals surface area (Å²) >= 11 is 0. The van der Waals surface area contributed by atoms with Crippen molar-refractivity contribution in [2.75, 3.05) is 78.7 Å². The smallest absolute Gasteiger partial charge is 0.335 e. The Kier molecular flexibility index (Phi) is 35.0. The number of nitrogens with two attached hydrogens (primary N) is 2. The van der Waals surface area contributed by atoms with Gasteiger partial charge in [-0.25, -0.2) is 30.0 Å². The molecule has 1 atom stereocenters. The van der Waals surface area contributed by atoms with Gasteiger partial charge >= 0.3 is 5.97 Å². The second-order valence-corrected chi connectivity index (χ2v) is 23.3. The highest BCUT2D eigenvalue weighted by Crippen LogP contribution is 2.21. The minimum absolute atomic E-state index is 0.0801. The number of unbranched alkanes of at least 4 members (excludes halogenated alkanes) is 2. The van der Waals surface area contributed by atoms with Gasteiger partial charge in [-0.15, -0.1) is 0 Å². The van der Waals surface area contributed by atoms with Gasteiger partial charge in [-0.2, -0.15) is 12.9 Å². The molecule has 0 aliphatic rings. The summed E-state index contributed by atoms with van der Waals surface area (Å²) in [6, 6.07) is 17.2. The molecule has 7 N–H and O–H groups in total. The van der Waals surface area contributed by atoms with E-state index in [1.807, 2.05) is 48.5 Å². The van der Waals surface area contributed by atoms with Crippen LogP contribution in [0.1, 0.15) is 157 Å². The number of hydrogen-bond donors (Lipinski definition) is 5. The largest absolute Gasteiger partial charge is 0.478 e. The predicted molar refractivity (Wildman–Crippen MR) is 296 cm³/mol. The first-order valence-corrected chi connectivity index (χ1v) is 30.8. The number of carboxylic acid groups (broad SMARTS) is 1. The molecule has 1 unspecified atom stereocenters. The van der Waals surface area contributed by atoms with E-state index >= 15 is 0 Å². The van der Waals surface area contributed by atoms with E-state index in [1.54, 1.807) is 0 Å². The van der Waals surface area contributed by atoms with Crippen LogP contribution in [0.15, 0.2) is 87.5 Å². The number of hydrogen-bond acceptors (Lipinski definition) is 13. The average molecular weight is 1110 g/mol. The monoisotopic (exact) mass is 1110 g/mol. The number of ether oxygens (including phenoxy) is 2. The lowest BCUT2D eigenvalue weighted by Gasteiger charge is -2.21. The Hall–Kier alpha value is -4.36. The Morgan fingerprint density at radius 3 is 1.21 bits per heavy atom. The highest BCUT2D eigenvalue weighted by molar-refractivity contribution is 7.89. The molecule has 2 amide bonds. The van der Waals surface area contributed by atoms with Crippen molar-refractivity contribution in [1.82, 2.24) is 23.5 Å². The summed E-state index contributed by atoms with van der Waals surface area (Å²) in [5, 5.41) is 14.5. The fraction of sp³-hybridized carbons (Fsp3) is 0.604. The van der Waals surface area contributed by atoms with Crippen LogP contribution in [0.2, 0.25) is 0 Å². The van der Waals surface area contributed by atoms with E-state index in [0.717, 1.165) is 71.2 Å². The van der Waals surface area contributed by atoms with Gasteiger partial charge < -0.3 is 36.7 Å². The lowest BCUT2D eigenvalue weighted by Crippen LogP contribution is -2.37. The Balaban J connectivity index is 0.000000787. The minimum Gasteiger partial charge on any atom is -0.478 e. The second kappa shape index (κ2) is 38.2. The van der Waals surface area contributed by atoms with E-state index in [0.29, 0.717) is 95.7 Å². The van der Waals surface area contributed by atoms with Gasteiger partial charge in [0.25, 0.3) is 11.8 Å². The lowest BCUT2D eigenvalue weighted by molar-refractivity contribution is 0.0285. The topological polar surface area (TPSA) is 278 Å². The molecule has 0 aliphatic carbocycles. The fourth-order valence-electron chi connectivity index (χ4n) is 7.35. The molecule has 75 heavy (non-hydrogen) atoms. The summed E-state index contributed by atoms with van der Waals surface area (Å²) < 4.78 is 92.0. The van der Waals surface area contributed by atoms with Crippen molar-refractivity contribution < 1.29 is 54.2 Å². The van der Waals surface area contributed by atoms with Gasteiger partial charge in [0.1, 0.15) is 6.23 Å². The number of rotatable bonds is 36. The van der Waals surface area contributed by atoms with E-state index in [-0.39, 0.29) is 32.1 Å². The van der Waals surface area contributed by atoms with Crippen molar-refractivity contribution in [3.63, 3.8) is 0 Å². The van der Waals surface area contributed by atoms with Crippen LogP contribution in [0, 0.1) is 0 Å². The Morgan fingerprint density at radius 1 is 0.507 bits per heavy atom. The lowest BCUT2D eigenvalue weighted by atomic mass is 10.1. The SMILES string of the molecule is CCCN(CCC)S(=O)(=O)c1ccc(C(=O)NCCCCC(NC(=O)c2ccc(S(=O)(=O)N(CCC)CCC)cc2)OCC)cc1.CCCN(CCC)S(=O)(=O)c1ccc(C(=O)O)cc1.NCCCCOCCCN. The molecule has 0 saturated heterocycles. The van der Waals surface area contributed by atoms with Crippen LogP contribution in [-0.2, 0) is 39.5 Å². The summed E-state index contributed by atoms with van der Waals surface area (Å²) in [7, 11) is -10.8. The number of nitrogens with zero attached hydrogens (tertiary/aromatic N) is 3. The van der Waals surface area contributed by atoms with Crippen molar-refractivity contribution in [2.45, 2.75) is 146 Å². The number of benzene rings is 3. The van der Waals surface area contributed by atoms with Gasteiger partial charge in [-0.3, -0.25) is 9.59 Å². The van der Waals surface area contributed by atoms with Crippen LogP contribution in [0.5, 0.6) is 0 Å². The zero-order valence-electron chi connectivity index (χ0n) is 45.6. The van der Waals surface area contributed by atoms with E-state index in [1.165, 1.54) is 85.7 Å². The maximum Gasteiger partial charge on any atom is 0.335 e. The normalized spacial score (nSPS) is 12.2. The zero-order valence-corrected chi connectivity index (χ0v) is 48.1. The summed E-state index contributed by atoms with van der Waals surface area (Å²) in [6.07, 6.45) is 8.71. The Labute approximate surface area is 449 Å². The van der Waals surface area contributed by atoms with Crippen LogP contribution in [-0.4, -0.2) is 146 Å². The average Bonchev–Trinajstić information content (AvgIpc) is 3.39. The molecule has 426 valence electrons. The molecule has 0 radical (unpaired) electrons. The molecule has 0 saturated carbocycles. The molecule has 3 rings (SSSR count). The van der Waals surface area contributed by atoms with Crippen LogP contribution in [0.25, 0.3) is 0 Å². The van der Waals surface area contributed by atoms with Gasteiger partial charge in [-0.05, 0) is 170 Å². The number of aromatic carboxylic acids is 1. The molecular formula is C53H89N7O12S3. The van der Waals surface area contributed by atoms with Crippen LogP contribution in [0.4, 0.5) is 0 Å². The standard InChI is InChI=1S/C33H52N4O7S2.C13H19NO4S.C7H18N2O/c1-6-23-36(24-7-2)45(40,41)29-18-14-27(15-19-29)32(38)34-22-12-11-13-31(44-10-5)35-33(39)28-16-20-30(21-17-28)46(42,43)37(25-8-3)26-9-4;1-3-9-14(10-4-2)19(17,18)12-7-5-11(6-8-12)13(15)16;8-4-1-2-6-10-7-3-5-9/h14-21,31H,6-13,22-26H2,1-5H3,(H,34,38)(H,35,39);5-8H,3-4,9-10H2,1-2H3,(H,15,16);1-9H2. The highest BCUT2D eigenvalue weighted by Gasteiger charge is 2.26. The number of carboxylic acids is 1. The third kappa shape index (κ3) is 24.7. The van der Waals surface area contributed by atoms with Crippen molar-refractivity contribution in [1.29, 1.82) is 0 Å². The number of nitrogens with one attached hydrogen (secondary N) is 2. The molecule has 0 bridgehead atoms. The van der Waals surface area contributed by atoms with E-state index in [4.69, 9.17) is 26.0 Å². The van der Waals surface area contributed by atoms with E-state index < -0.39 is 42.3 Å². The van der Waals surface area contributed by atoms with Gasteiger partial charge in [-0.1, -0.05) is 41.5 Å². The van der Waals surface area contributed by atoms with Crippen molar-refractivity contribution in [2.24, 2.45) is 11.5 Å². The molecule has 0 heterocycles. The molecular weight excluding hydrogens is 1020 g/mol.